The monoisotopic (exact) mass is 525 g/mol. The number of hydrogen-bond acceptors (Lipinski definition) is 6. The van der Waals surface area contributed by atoms with Gasteiger partial charge in [0.15, 0.2) is 0 Å². The van der Waals surface area contributed by atoms with E-state index < -0.39 is 11.9 Å². The number of nitrogens with one attached hydrogen (secondary N) is 1. The summed E-state index contributed by atoms with van der Waals surface area (Å²) in [6.07, 6.45) is 0.854. The summed E-state index contributed by atoms with van der Waals surface area (Å²) in [5.74, 6) is -1.25. The number of ether oxygens (including phenoxy) is 1. The molecule has 3 aromatic rings. The van der Waals surface area contributed by atoms with Gasteiger partial charge in [-0.2, -0.15) is 0 Å². The Morgan fingerprint density at radius 2 is 1.78 bits per heavy atom. The van der Waals surface area contributed by atoms with Gasteiger partial charge in [-0.05, 0) is 29.7 Å². The van der Waals surface area contributed by atoms with Gasteiger partial charge in [0.1, 0.15) is 5.00 Å². The maximum absolute atomic E-state index is 13.2. The molecule has 0 bridgehead atoms. The average Bonchev–Trinajstić information content (AvgIpc) is 3.44. The second kappa shape index (κ2) is 11.2. The van der Waals surface area contributed by atoms with Crippen LogP contribution in [0.1, 0.15) is 32.8 Å². The Morgan fingerprint density at radius 3 is 2.47 bits per heavy atom. The minimum absolute atomic E-state index is 0. The Labute approximate surface area is 220 Å². The molecule has 2 amide bonds. The number of para-hydroxylation sites is 1. The number of esters is 1. The topological polar surface area (TPSA) is 78.9 Å². The molecule has 2 aliphatic rings. The van der Waals surface area contributed by atoms with Crippen molar-refractivity contribution in [3.63, 3.8) is 0 Å². The molecular weight excluding hydrogens is 498 g/mol. The van der Waals surface area contributed by atoms with Crippen LogP contribution in [0.15, 0.2) is 60.7 Å². The maximum Gasteiger partial charge on any atom is 0.341 e. The van der Waals surface area contributed by atoms with E-state index >= 15 is 0 Å². The van der Waals surface area contributed by atoms with Gasteiger partial charge in [0.2, 0.25) is 11.8 Å². The van der Waals surface area contributed by atoms with E-state index in [9.17, 15) is 14.4 Å². The number of amides is 2. The van der Waals surface area contributed by atoms with Crippen molar-refractivity contribution >= 4 is 52.2 Å². The Morgan fingerprint density at radius 1 is 1.08 bits per heavy atom. The number of methoxy groups -OCH3 is 1. The third-order valence-electron chi connectivity index (χ3n) is 6.57. The van der Waals surface area contributed by atoms with Gasteiger partial charge >= 0.3 is 5.97 Å². The van der Waals surface area contributed by atoms with Crippen LogP contribution in [0.5, 0.6) is 0 Å². The highest BCUT2D eigenvalue weighted by atomic mass is 35.5. The summed E-state index contributed by atoms with van der Waals surface area (Å²) in [6.45, 7) is 2.67. The Balaban J connectivity index is 0.00000304. The molecule has 2 aliphatic heterocycles. The molecule has 0 aliphatic carbocycles. The highest BCUT2D eigenvalue weighted by Gasteiger charge is 2.36. The molecule has 0 radical (unpaired) electrons. The van der Waals surface area contributed by atoms with E-state index in [2.05, 4.69) is 22.3 Å². The zero-order valence-electron chi connectivity index (χ0n) is 19.9. The van der Waals surface area contributed by atoms with E-state index in [1.54, 1.807) is 4.90 Å². The lowest BCUT2D eigenvalue weighted by Gasteiger charge is -2.27. The summed E-state index contributed by atoms with van der Waals surface area (Å²) in [7, 11) is 1.36. The maximum atomic E-state index is 13.2. The summed E-state index contributed by atoms with van der Waals surface area (Å²) < 4.78 is 5.06. The number of thiophene rings is 1. The number of carbonyl (C=O) groups is 3. The van der Waals surface area contributed by atoms with Gasteiger partial charge in [-0.3, -0.25) is 14.5 Å². The standard InChI is InChI=1S/C27H27N3O4S.ClH/c1-34-27(33)24-21-12-13-29(15-18-8-4-2-5-9-18)17-22(21)35-26(24)28-25(32)19-14-23(31)30(16-19)20-10-6-3-7-11-20;/h2-11,19H,12-17H2,1H3,(H,28,32);1H. The second-order valence-electron chi connectivity index (χ2n) is 8.88. The summed E-state index contributed by atoms with van der Waals surface area (Å²) in [5.41, 5.74) is 3.43. The van der Waals surface area contributed by atoms with Gasteiger partial charge in [0.05, 0.1) is 18.6 Å². The molecule has 1 unspecified atom stereocenters. The number of carbonyl (C=O) groups excluding carboxylic acids is 3. The van der Waals surface area contributed by atoms with Gasteiger partial charge in [-0.25, -0.2) is 4.79 Å². The van der Waals surface area contributed by atoms with Crippen LogP contribution in [0, 0.1) is 5.92 Å². The summed E-state index contributed by atoms with van der Waals surface area (Å²) in [4.78, 5) is 43.5. The van der Waals surface area contributed by atoms with Crippen molar-refractivity contribution < 1.29 is 19.1 Å². The number of rotatable bonds is 6. The number of fused-ring (bicyclic) bond motifs is 1. The molecule has 2 aromatic carbocycles. The molecule has 0 saturated carbocycles. The first-order chi connectivity index (χ1) is 17.0. The minimum Gasteiger partial charge on any atom is -0.465 e. The van der Waals surface area contributed by atoms with E-state index in [0.717, 1.165) is 29.2 Å². The predicted octanol–water partition coefficient (Wildman–Crippen LogP) is 4.51. The summed E-state index contributed by atoms with van der Waals surface area (Å²) in [5, 5.41) is 3.48. The Hall–Kier alpha value is -3.20. The van der Waals surface area contributed by atoms with Gasteiger partial charge in [-0.15, -0.1) is 23.7 Å². The van der Waals surface area contributed by atoms with Crippen molar-refractivity contribution in [3.8, 4) is 0 Å². The molecule has 3 heterocycles. The van der Waals surface area contributed by atoms with E-state index in [1.165, 1.54) is 24.0 Å². The Bertz CT molecular complexity index is 1250. The first-order valence-electron chi connectivity index (χ1n) is 11.7. The molecular formula is C27H28ClN3O4S. The SMILES string of the molecule is COC(=O)c1c(NC(=O)C2CC(=O)N(c3ccccc3)C2)sc2c1CCN(Cc1ccccc1)C2.Cl. The molecule has 7 nitrogen and oxygen atoms in total. The molecule has 1 fully saturated rings. The molecule has 1 atom stereocenters. The summed E-state index contributed by atoms with van der Waals surface area (Å²) >= 11 is 1.43. The highest BCUT2D eigenvalue weighted by molar-refractivity contribution is 7.17. The van der Waals surface area contributed by atoms with Crippen molar-refractivity contribution in [2.45, 2.75) is 25.9 Å². The fourth-order valence-electron chi connectivity index (χ4n) is 4.79. The van der Waals surface area contributed by atoms with E-state index in [1.807, 2.05) is 48.5 Å². The van der Waals surface area contributed by atoms with Crippen molar-refractivity contribution in [1.29, 1.82) is 0 Å². The van der Waals surface area contributed by atoms with E-state index in [4.69, 9.17) is 4.74 Å². The molecule has 9 heteroatoms. The van der Waals surface area contributed by atoms with Crippen LogP contribution >= 0.6 is 23.7 Å². The molecule has 1 saturated heterocycles. The number of nitrogens with zero attached hydrogens (tertiary/aromatic N) is 2. The third kappa shape index (κ3) is 5.31. The number of hydrogen-bond donors (Lipinski definition) is 1. The van der Waals surface area contributed by atoms with Crippen LogP contribution < -0.4 is 10.2 Å². The van der Waals surface area contributed by atoms with Crippen LogP contribution in [0.3, 0.4) is 0 Å². The lowest BCUT2D eigenvalue weighted by atomic mass is 10.0. The number of anilines is 2. The molecule has 1 aromatic heterocycles. The van der Waals surface area contributed by atoms with Crippen molar-refractivity contribution in [3.05, 3.63) is 82.2 Å². The van der Waals surface area contributed by atoms with Crippen LogP contribution in [0.4, 0.5) is 10.7 Å². The fraction of sp³-hybridized carbons (Fsp3) is 0.296. The molecule has 188 valence electrons. The lowest BCUT2D eigenvalue weighted by molar-refractivity contribution is -0.122. The van der Waals surface area contributed by atoms with Crippen molar-refractivity contribution in [2.75, 3.05) is 30.4 Å². The molecule has 5 rings (SSSR count). The number of halogens is 1. The minimum atomic E-state index is -0.484. The molecule has 0 spiro atoms. The van der Waals surface area contributed by atoms with Crippen molar-refractivity contribution in [1.82, 2.24) is 4.90 Å². The zero-order chi connectivity index (χ0) is 24.4. The van der Waals surface area contributed by atoms with Gasteiger partial charge in [0, 0.05) is 43.2 Å². The largest absolute Gasteiger partial charge is 0.465 e. The normalized spacial score (nSPS) is 17.3. The highest BCUT2D eigenvalue weighted by Crippen LogP contribution is 2.38. The smallest absolute Gasteiger partial charge is 0.341 e. The van der Waals surface area contributed by atoms with Crippen LogP contribution in [-0.4, -0.2) is 42.9 Å². The summed E-state index contributed by atoms with van der Waals surface area (Å²) in [6, 6.07) is 19.6. The second-order valence-corrected chi connectivity index (χ2v) is 9.98. The van der Waals surface area contributed by atoms with Crippen LogP contribution in [-0.2, 0) is 33.8 Å². The average molecular weight is 526 g/mol. The lowest BCUT2D eigenvalue weighted by Crippen LogP contribution is -2.30. The van der Waals surface area contributed by atoms with Crippen LogP contribution in [0.2, 0.25) is 0 Å². The molecule has 36 heavy (non-hydrogen) atoms. The van der Waals surface area contributed by atoms with Crippen molar-refractivity contribution in [2.24, 2.45) is 5.92 Å². The zero-order valence-corrected chi connectivity index (χ0v) is 21.6. The Kier molecular flexibility index (Phi) is 8.08. The van der Waals surface area contributed by atoms with Gasteiger partial charge in [-0.1, -0.05) is 48.5 Å². The van der Waals surface area contributed by atoms with E-state index in [-0.39, 0.29) is 30.6 Å². The van der Waals surface area contributed by atoms with E-state index in [0.29, 0.717) is 30.1 Å². The van der Waals surface area contributed by atoms with Crippen LogP contribution in [0.25, 0.3) is 0 Å². The fourth-order valence-corrected chi connectivity index (χ4v) is 6.07. The quantitative estimate of drug-likeness (QED) is 0.479. The number of benzene rings is 2. The first kappa shape index (κ1) is 25.9. The third-order valence-corrected chi connectivity index (χ3v) is 7.71. The predicted molar refractivity (Wildman–Crippen MR) is 143 cm³/mol. The van der Waals surface area contributed by atoms with Gasteiger partial charge < -0.3 is 15.0 Å². The molecule has 1 N–H and O–H groups in total. The van der Waals surface area contributed by atoms with Gasteiger partial charge in [0.25, 0.3) is 0 Å². The first-order valence-corrected chi connectivity index (χ1v) is 12.5.